The molecule has 0 unspecified atom stereocenters. The molecule has 2 rings (SSSR count). The second kappa shape index (κ2) is 4.49. The van der Waals surface area contributed by atoms with Gasteiger partial charge in [-0.05, 0) is 30.7 Å². The van der Waals surface area contributed by atoms with Gasteiger partial charge in [-0.3, -0.25) is 0 Å². The van der Waals surface area contributed by atoms with Crippen molar-refractivity contribution in [1.29, 1.82) is 0 Å². The molecule has 82 valence electrons. The van der Waals surface area contributed by atoms with Crippen LogP contribution in [0.25, 0.3) is 0 Å². The van der Waals surface area contributed by atoms with E-state index in [1.54, 1.807) is 12.1 Å². The number of rotatable bonds is 2. The monoisotopic (exact) mass is 279 g/mol. The first kappa shape index (κ1) is 10.9. The van der Waals surface area contributed by atoms with Gasteiger partial charge < -0.3 is 10.5 Å². The molecule has 0 spiro atoms. The summed E-state index contributed by atoms with van der Waals surface area (Å²) in [5.41, 5.74) is 6.47. The molecule has 0 bridgehead atoms. The van der Waals surface area contributed by atoms with E-state index in [1.807, 2.05) is 25.1 Å². The SMILES string of the molecule is Cc1ccc(Br)cc1Oc1ccc(N)nn1. The lowest BCUT2D eigenvalue weighted by Crippen LogP contribution is -1.95. The van der Waals surface area contributed by atoms with Gasteiger partial charge in [-0.15, -0.1) is 10.2 Å². The number of ether oxygens (including phenoxy) is 1. The second-order valence-corrected chi connectivity index (χ2v) is 4.22. The van der Waals surface area contributed by atoms with E-state index in [4.69, 9.17) is 10.5 Å². The van der Waals surface area contributed by atoms with E-state index in [0.29, 0.717) is 11.7 Å². The minimum Gasteiger partial charge on any atom is -0.437 e. The zero-order valence-electron chi connectivity index (χ0n) is 8.64. The maximum Gasteiger partial charge on any atom is 0.239 e. The molecule has 0 aliphatic rings. The van der Waals surface area contributed by atoms with E-state index in [0.717, 1.165) is 15.8 Å². The van der Waals surface area contributed by atoms with Crippen LogP contribution >= 0.6 is 15.9 Å². The smallest absolute Gasteiger partial charge is 0.239 e. The van der Waals surface area contributed by atoms with Gasteiger partial charge >= 0.3 is 0 Å². The third-order valence-electron chi connectivity index (χ3n) is 2.03. The van der Waals surface area contributed by atoms with Crippen molar-refractivity contribution < 1.29 is 4.74 Å². The summed E-state index contributed by atoms with van der Waals surface area (Å²) < 4.78 is 6.54. The zero-order valence-corrected chi connectivity index (χ0v) is 10.2. The Balaban J connectivity index is 2.26. The lowest BCUT2D eigenvalue weighted by atomic mass is 10.2. The van der Waals surface area contributed by atoms with E-state index in [2.05, 4.69) is 26.1 Å². The van der Waals surface area contributed by atoms with Crippen molar-refractivity contribution in [1.82, 2.24) is 10.2 Å². The van der Waals surface area contributed by atoms with Gasteiger partial charge in [0, 0.05) is 10.5 Å². The Morgan fingerprint density at radius 1 is 1.19 bits per heavy atom. The third-order valence-corrected chi connectivity index (χ3v) is 2.52. The normalized spacial score (nSPS) is 10.1. The van der Waals surface area contributed by atoms with Crippen LogP contribution in [0.4, 0.5) is 5.82 Å². The predicted molar refractivity (Wildman–Crippen MR) is 65.4 cm³/mol. The highest BCUT2D eigenvalue weighted by Gasteiger charge is 2.03. The van der Waals surface area contributed by atoms with Gasteiger partial charge in [0.2, 0.25) is 5.88 Å². The first-order chi connectivity index (χ1) is 7.65. The lowest BCUT2D eigenvalue weighted by Gasteiger charge is -2.07. The Morgan fingerprint density at radius 2 is 2.00 bits per heavy atom. The van der Waals surface area contributed by atoms with Crippen molar-refractivity contribution in [3.05, 3.63) is 40.4 Å². The Kier molecular flexibility index (Phi) is 3.05. The fraction of sp³-hybridized carbons (Fsp3) is 0.0909. The van der Waals surface area contributed by atoms with Gasteiger partial charge in [0.25, 0.3) is 0 Å². The summed E-state index contributed by atoms with van der Waals surface area (Å²) in [6.45, 7) is 1.96. The van der Waals surface area contributed by atoms with E-state index in [-0.39, 0.29) is 0 Å². The second-order valence-electron chi connectivity index (χ2n) is 3.31. The molecule has 2 aromatic rings. The molecule has 1 aromatic carbocycles. The van der Waals surface area contributed by atoms with Crippen LogP contribution in [0.5, 0.6) is 11.6 Å². The topological polar surface area (TPSA) is 61.0 Å². The summed E-state index contributed by atoms with van der Waals surface area (Å²) in [7, 11) is 0. The van der Waals surface area contributed by atoms with Crippen molar-refractivity contribution in [2.75, 3.05) is 5.73 Å². The summed E-state index contributed by atoms with van der Waals surface area (Å²) in [6, 6.07) is 9.13. The van der Waals surface area contributed by atoms with Crippen LogP contribution in [-0.4, -0.2) is 10.2 Å². The molecule has 2 N–H and O–H groups in total. The molecule has 0 aliphatic carbocycles. The van der Waals surface area contributed by atoms with Crippen LogP contribution in [-0.2, 0) is 0 Å². The number of anilines is 1. The van der Waals surface area contributed by atoms with E-state index in [1.165, 1.54) is 0 Å². The van der Waals surface area contributed by atoms with Crippen molar-refractivity contribution in [2.24, 2.45) is 0 Å². The molecule has 0 saturated carbocycles. The van der Waals surface area contributed by atoms with Crippen LogP contribution in [0.1, 0.15) is 5.56 Å². The van der Waals surface area contributed by atoms with E-state index < -0.39 is 0 Å². The molecule has 0 aliphatic heterocycles. The summed E-state index contributed by atoms with van der Waals surface area (Å²) in [6.07, 6.45) is 0. The number of nitrogens with two attached hydrogens (primary N) is 1. The molecule has 5 heteroatoms. The average molecular weight is 280 g/mol. The molecular formula is C11H10BrN3O. The van der Waals surface area contributed by atoms with Crippen LogP contribution in [0.15, 0.2) is 34.8 Å². The standard InChI is InChI=1S/C11H10BrN3O/c1-7-2-3-8(12)6-9(7)16-11-5-4-10(13)14-15-11/h2-6H,1H3,(H2,13,14). The highest BCUT2D eigenvalue weighted by atomic mass is 79.9. The number of nitrogens with zero attached hydrogens (tertiary/aromatic N) is 2. The number of aryl methyl sites for hydroxylation is 1. The van der Waals surface area contributed by atoms with Crippen molar-refractivity contribution in [2.45, 2.75) is 6.92 Å². The molecular weight excluding hydrogens is 270 g/mol. The molecule has 0 fully saturated rings. The van der Waals surface area contributed by atoms with Crippen LogP contribution in [0.2, 0.25) is 0 Å². The third kappa shape index (κ3) is 2.49. The maximum absolute atomic E-state index is 5.59. The van der Waals surface area contributed by atoms with Gasteiger partial charge in [-0.25, -0.2) is 0 Å². The summed E-state index contributed by atoms with van der Waals surface area (Å²) in [5.74, 6) is 1.54. The van der Waals surface area contributed by atoms with E-state index in [9.17, 15) is 0 Å². The average Bonchev–Trinajstić information content (AvgIpc) is 2.27. The molecule has 1 aromatic heterocycles. The number of hydrogen-bond acceptors (Lipinski definition) is 4. The minimum absolute atomic E-state index is 0.373. The molecule has 16 heavy (non-hydrogen) atoms. The summed E-state index contributed by atoms with van der Waals surface area (Å²) in [5, 5.41) is 7.55. The van der Waals surface area contributed by atoms with Gasteiger partial charge in [0.05, 0.1) is 0 Å². The summed E-state index contributed by atoms with van der Waals surface area (Å²) >= 11 is 3.39. The molecule has 0 radical (unpaired) electrons. The van der Waals surface area contributed by atoms with Crippen molar-refractivity contribution in [3.8, 4) is 11.6 Å². The number of aromatic nitrogens is 2. The zero-order chi connectivity index (χ0) is 11.5. The highest BCUT2D eigenvalue weighted by Crippen LogP contribution is 2.26. The predicted octanol–water partition coefficient (Wildman–Crippen LogP) is 2.92. The highest BCUT2D eigenvalue weighted by molar-refractivity contribution is 9.10. The minimum atomic E-state index is 0.373. The first-order valence-electron chi connectivity index (χ1n) is 4.68. The maximum atomic E-state index is 5.59. The number of hydrogen-bond donors (Lipinski definition) is 1. The largest absolute Gasteiger partial charge is 0.437 e. The number of benzene rings is 1. The quantitative estimate of drug-likeness (QED) is 0.918. The Labute approximate surface area is 102 Å². The first-order valence-corrected chi connectivity index (χ1v) is 5.47. The summed E-state index contributed by atoms with van der Waals surface area (Å²) in [4.78, 5) is 0. The number of nitrogen functional groups attached to an aromatic ring is 1. The number of halogens is 1. The Morgan fingerprint density at radius 3 is 2.69 bits per heavy atom. The Bertz CT molecular complexity index is 499. The van der Waals surface area contributed by atoms with Crippen LogP contribution < -0.4 is 10.5 Å². The van der Waals surface area contributed by atoms with Gasteiger partial charge in [0.15, 0.2) is 0 Å². The molecule has 0 amide bonds. The van der Waals surface area contributed by atoms with E-state index >= 15 is 0 Å². The van der Waals surface area contributed by atoms with Crippen molar-refractivity contribution >= 4 is 21.7 Å². The molecule has 1 heterocycles. The lowest BCUT2D eigenvalue weighted by molar-refractivity contribution is 0.452. The van der Waals surface area contributed by atoms with Crippen LogP contribution in [0, 0.1) is 6.92 Å². The van der Waals surface area contributed by atoms with Gasteiger partial charge in [-0.1, -0.05) is 22.0 Å². The van der Waals surface area contributed by atoms with Crippen molar-refractivity contribution in [3.63, 3.8) is 0 Å². The Hall–Kier alpha value is -1.62. The molecule has 4 nitrogen and oxygen atoms in total. The fourth-order valence-electron chi connectivity index (χ4n) is 1.18. The fourth-order valence-corrected chi connectivity index (χ4v) is 1.52. The van der Waals surface area contributed by atoms with Gasteiger partial charge in [0.1, 0.15) is 11.6 Å². The van der Waals surface area contributed by atoms with Gasteiger partial charge in [-0.2, -0.15) is 0 Å². The molecule has 0 saturated heterocycles. The van der Waals surface area contributed by atoms with Crippen LogP contribution in [0.3, 0.4) is 0 Å². The molecule has 0 atom stereocenters.